The molecule has 0 radical (unpaired) electrons. The molecule has 0 fully saturated rings. The van der Waals surface area contributed by atoms with Crippen LogP contribution in [0.4, 0.5) is 5.69 Å². The van der Waals surface area contributed by atoms with Crippen LogP contribution in [0, 0.1) is 18.3 Å². The van der Waals surface area contributed by atoms with E-state index in [-0.39, 0.29) is 0 Å². The number of benzene rings is 2. The molecule has 0 N–H and O–H groups in total. The molecule has 0 spiro atoms. The van der Waals surface area contributed by atoms with Crippen LogP contribution in [0.25, 0.3) is 0 Å². The second kappa shape index (κ2) is 9.62. The van der Waals surface area contributed by atoms with Crippen molar-refractivity contribution < 1.29 is 4.74 Å². The Morgan fingerprint density at radius 3 is 2.72 bits per heavy atom. The molecule has 0 atom stereocenters. The first-order chi connectivity index (χ1) is 14.0. The third-order valence-electron chi connectivity index (χ3n) is 5.04. The Bertz CT molecular complexity index is 1020. The number of anilines is 1. The number of methoxy groups -OCH3 is 1. The molecule has 0 bridgehead atoms. The van der Waals surface area contributed by atoms with Crippen molar-refractivity contribution in [3.05, 3.63) is 75.8 Å². The van der Waals surface area contributed by atoms with E-state index in [1.807, 2.05) is 48.4 Å². The second-order valence-corrected chi connectivity index (χ2v) is 7.96. The lowest BCUT2D eigenvalue weighted by atomic mass is 10.1. The molecule has 1 heterocycles. The zero-order valence-corrected chi connectivity index (χ0v) is 18.6. The van der Waals surface area contributed by atoms with Crippen LogP contribution < -0.4 is 9.64 Å². The molecular weight excluding hydrogens is 428 g/mol. The number of aryl methyl sites for hydroxylation is 3. The summed E-state index contributed by atoms with van der Waals surface area (Å²) in [6, 6.07) is 14.4. The molecule has 2 aromatic carbocycles. The number of aromatic nitrogens is 2. The van der Waals surface area contributed by atoms with E-state index < -0.39 is 0 Å². The van der Waals surface area contributed by atoms with Crippen LogP contribution in [0.15, 0.2) is 53.4 Å². The number of hydrogen-bond acceptors (Lipinski definition) is 4. The summed E-state index contributed by atoms with van der Waals surface area (Å²) in [5.74, 6) is 0.858. The largest absolute Gasteiger partial charge is 0.496 e. The van der Waals surface area contributed by atoms with Crippen molar-refractivity contribution in [1.82, 2.24) is 9.55 Å². The topological polar surface area (TPSA) is 54.1 Å². The van der Waals surface area contributed by atoms with Gasteiger partial charge in [0.25, 0.3) is 0 Å². The maximum atomic E-state index is 9.18. The van der Waals surface area contributed by atoms with E-state index in [0.717, 1.165) is 53.1 Å². The van der Waals surface area contributed by atoms with E-state index in [1.165, 1.54) is 5.56 Å². The zero-order valence-electron chi connectivity index (χ0n) is 17.0. The second-order valence-electron chi connectivity index (χ2n) is 7.10. The first kappa shape index (κ1) is 20.9. The van der Waals surface area contributed by atoms with E-state index in [9.17, 15) is 5.26 Å². The van der Waals surface area contributed by atoms with E-state index in [1.54, 1.807) is 7.11 Å². The first-order valence-electron chi connectivity index (χ1n) is 9.55. The summed E-state index contributed by atoms with van der Waals surface area (Å²) in [5.41, 5.74) is 5.35. The number of halogens is 1. The van der Waals surface area contributed by atoms with Gasteiger partial charge in [-0.1, -0.05) is 6.07 Å². The molecule has 0 amide bonds. The Kier molecular flexibility index (Phi) is 6.95. The maximum Gasteiger partial charge on any atom is 0.133 e. The minimum Gasteiger partial charge on any atom is -0.496 e. The predicted molar refractivity (Wildman–Crippen MR) is 119 cm³/mol. The highest BCUT2D eigenvalue weighted by molar-refractivity contribution is 9.10. The molecule has 1 aromatic heterocycles. The van der Waals surface area contributed by atoms with Crippen molar-refractivity contribution in [2.45, 2.75) is 26.3 Å². The van der Waals surface area contributed by atoms with Gasteiger partial charge in [-0.25, -0.2) is 4.98 Å². The van der Waals surface area contributed by atoms with Gasteiger partial charge < -0.3 is 14.2 Å². The van der Waals surface area contributed by atoms with Gasteiger partial charge in [-0.15, -0.1) is 0 Å². The summed E-state index contributed by atoms with van der Waals surface area (Å²) < 4.78 is 8.42. The molecule has 3 rings (SSSR count). The molecule has 3 aromatic rings. The lowest BCUT2D eigenvalue weighted by molar-refractivity contribution is 0.411. The Balaban J connectivity index is 1.77. The average molecular weight is 453 g/mol. The number of nitriles is 1. The standard InChI is InChI=1S/C23H25BrN4O/c1-17-11-19(13-25)7-9-22(17)28(15-20-14-26-16-27(20)2)10-4-5-18-6-8-21(24)23(12-18)29-3/h6-9,11-12,14,16H,4-5,10,15H2,1-3H3. The summed E-state index contributed by atoms with van der Waals surface area (Å²) in [7, 11) is 3.70. The lowest BCUT2D eigenvalue weighted by Gasteiger charge is -2.27. The Morgan fingerprint density at radius 1 is 1.24 bits per heavy atom. The quantitative estimate of drug-likeness (QED) is 0.481. The molecule has 0 unspecified atom stereocenters. The smallest absolute Gasteiger partial charge is 0.133 e. The van der Waals surface area contributed by atoms with Crippen molar-refractivity contribution in [3.63, 3.8) is 0 Å². The molecule has 150 valence electrons. The summed E-state index contributed by atoms with van der Waals surface area (Å²) in [4.78, 5) is 6.61. The van der Waals surface area contributed by atoms with Crippen LogP contribution in [0.2, 0.25) is 0 Å². The van der Waals surface area contributed by atoms with Gasteiger partial charge in [0, 0.05) is 25.5 Å². The minimum atomic E-state index is 0.689. The summed E-state index contributed by atoms with van der Waals surface area (Å²) in [6.45, 7) is 3.73. The van der Waals surface area contributed by atoms with Crippen molar-refractivity contribution in [2.75, 3.05) is 18.6 Å². The molecule has 6 heteroatoms. The monoisotopic (exact) mass is 452 g/mol. The zero-order chi connectivity index (χ0) is 20.8. The number of imidazole rings is 1. The number of hydrogen-bond donors (Lipinski definition) is 0. The fourth-order valence-electron chi connectivity index (χ4n) is 3.43. The van der Waals surface area contributed by atoms with Crippen molar-refractivity contribution in [1.29, 1.82) is 5.26 Å². The molecule has 0 saturated heterocycles. The van der Waals surface area contributed by atoms with Gasteiger partial charge in [0.2, 0.25) is 0 Å². The van der Waals surface area contributed by atoms with Gasteiger partial charge in [0.1, 0.15) is 5.75 Å². The summed E-state index contributed by atoms with van der Waals surface area (Å²) in [6.07, 6.45) is 5.70. The maximum absolute atomic E-state index is 9.18. The molecular formula is C23H25BrN4O. The van der Waals surface area contributed by atoms with Gasteiger partial charge in [-0.2, -0.15) is 5.26 Å². The molecule has 0 saturated carbocycles. The highest BCUT2D eigenvalue weighted by atomic mass is 79.9. The van der Waals surface area contributed by atoms with Crippen molar-refractivity contribution >= 4 is 21.6 Å². The van der Waals surface area contributed by atoms with Crippen LogP contribution in [0.3, 0.4) is 0 Å². The van der Waals surface area contributed by atoms with Gasteiger partial charge in [0.15, 0.2) is 0 Å². The fourth-order valence-corrected chi connectivity index (χ4v) is 3.84. The van der Waals surface area contributed by atoms with Crippen LogP contribution >= 0.6 is 15.9 Å². The highest BCUT2D eigenvalue weighted by Crippen LogP contribution is 2.27. The third-order valence-corrected chi connectivity index (χ3v) is 5.70. The summed E-state index contributed by atoms with van der Waals surface area (Å²) in [5, 5.41) is 9.18. The fraction of sp³-hybridized carbons (Fsp3) is 0.304. The van der Waals surface area contributed by atoms with E-state index >= 15 is 0 Å². The Hall–Kier alpha value is -2.78. The van der Waals surface area contributed by atoms with E-state index in [0.29, 0.717) is 5.56 Å². The van der Waals surface area contributed by atoms with Crippen LogP contribution in [0.1, 0.15) is 28.8 Å². The van der Waals surface area contributed by atoms with Crippen LogP contribution in [0.5, 0.6) is 5.75 Å². The van der Waals surface area contributed by atoms with Crippen LogP contribution in [-0.4, -0.2) is 23.2 Å². The van der Waals surface area contributed by atoms with Gasteiger partial charge in [-0.3, -0.25) is 0 Å². The van der Waals surface area contributed by atoms with Gasteiger partial charge >= 0.3 is 0 Å². The molecule has 0 aliphatic carbocycles. The van der Waals surface area contributed by atoms with Gasteiger partial charge in [-0.05, 0) is 77.2 Å². The molecule has 0 aliphatic rings. The Morgan fingerprint density at radius 2 is 2.07 bits per heavy atom. The number of nitrogens with zero attached hydrogens (tertiary/aromatic N) is 4. The molecule has 0 aliphatic heterocycles. The molecule has 5 nitrogen and oxygen atoms in total. The Labute approximate surface area is 180 Å². The first-order valence-corrected chi connectivity index (χ1v) is 10.3. The third kappa shape index (κ3) is 5.18. The summed E-state index contributed by atoms with van der Waals surface area (Å²) >= 11 is 3.51. The van der Waals surface area contributed by atoms with E-state index in [4.69, 9.17) is 4.74 Å². The highest BCUT2D eigenvalue weighted by Gasteiger charge is 2.13. The predicted octanol–water partition coefficient (Wildman–Crippen LogP) is 5.01. The average Bonchev–Trinajstić information content (AvgIpc) is 3.13. The van der Waals surface area contributed by atoms with Gasteiger partial charge in [0.05, 0.1) is 41.8 Å². The molecule has 29 heavy (non-hydrogen) atoms. The normalized spacial score (nSPS) is 10.6. The van der Waals surface area contributed by atoms with E-state index in [2.05, 4.69) is 50.9 Å². The van der Waals surface area contributed by atoms with Crippen LogP contribution in [-0.2, 0) is 20.0 Å². The lowest BCUT2D eigenvalue weighted by Crippen LogP contribution is -2.26. The number of rotatable bonds is 8. The minimum absolute atomic E-state index is 0.689. The van der Waals surface area contributed by atoms with Crippen molar-refractivity contribution in [2.24, 2.45) is 7.05 Å². The number of ether oxygens (including phenoxy) is 1. The van der Waals surface area contributed by atoms with Crippen molar-refractivity contribution in [3.8, 4) is 11.8 Å². The SMILES string of the molecule is COc1cc(CCCN(Cc2cncn2C)c2ccc(C#N)cc2C)ccc1Br.